The Morgan fingerprint density at radius 2 is 1.72 bits per heavy atom. The first kappa shape index (κ1) is 21.3. The zero-order chi connectivity index (χ0) is 19.2. The minimum absolute atomic E-state index is 0.223. The van der Waals surface area contributed by atoms with Crippen LogP contribution in [0.5, 0.6) is 0 Å². The quantitative estimate of drug-likeness (QED) is 0.417. The molecule has 2 atom stereocenters. The molecule has 0 bridgehead atoms. The lowest BCUT2D eigenvalue weighted by atomic mass is 9.92. The molecule has 0 aliphatic heterocycles. The summed E-state index contributed by atoms with van der Waals surface area (Å²) in [5, 5.41) is 0. The molecule has 0 radical (unpaired) electrons. The molecule has 0 aromatic rings. The van der Waals surface area contributed by atoms with E-state index in [1.165, 1.54) is 11.1 Å². The van der Waals surface area contributed by atoms with Gasteiger partial charge in [0.1, 0.15) is 0 Å². The minimum Gasteiger partial charge on any atom is -0.207 e. The van der Waals surface area contributed by atoms with Crippen LogP contribution in [0.4, 0.5) is 8.78 Å². The Morgan fingerprint density at radius 3 is 2.20 bits per heavy atom. The Labute approximate surface area is 152 Å². The van der Waals surface area contributed by atoms with E-state index in [1.54, 1.807) is 6.08 Å². The molecule has 2 unspecified atom stereocenters. The lowest BCUT2D eigenvalue weighted by Crippen LogP contribution is -2.21. The van der Waals surface area contributed by atoms with E-state index in [9.17, 15) is 8.78 Å². The monoisotopic (exact) mass is 346 g/mol. The average molecular weight is 347 g/mol. The van der Waals surface area contributed by atoms with Crippen molar-refractivity contribution in [1.82, 2.24) is 0 Å². The molecule has 0 aromatic heterocycles. The third kappa shape index (κ3) is 6.61. The second-order valence-corrected chi connectivity index (χ2v) is 7.45. The van der Waals surface area contributed by atoms with Crippen molar-refractivity contribution in [2.75, 3.05) is 0 Å². The molecule has 1 aliphatic carbocycles. The first-order valence-electron chi connectivity index (χ1n) is 8.96. The normalized spacial score (nSPS) is 22.4. The second-order valence-electron chi connectivity index (χ2n) is 7.45. The summed E-state index contributed by atoms with van der Waals surface area (Å²) < 4.78 is 27.1. The fourth-order valence-electron chi connectivity index (χ4n) is 3.08. The van der Waals surface area contributed by atoms with Gasteiger partial charge in [0.15, 0.2) is 0 Å². The molecule has 0 saturated heterocycles. The van der Waals surface area contributed by atoms with Gasteiger partial charge in [0, 0.05) is 5.92 Å². The predicted octanol–water partition coefficient (Wildman–Crippen LogP) is 7.59. The van der Waals surface area contributed by atoms with Gasteiger partial charge in [-0.25, -0.2) is 8.78 Å². The molecule has 138 valence electrons. The SMILES string of the molecule is C=C/C=C(\C=C(/C)C1CCC(C(C)(F)F)C1)C(=C)/C=C\C(C)=C(C)C. The van der Waals surface area contributed by atoms with E-state index >= 15 is 0 Å². The summed E-state index contributed by atoms with van der Waals surface area (Å²) in [6.07, 6.45) is 11.8. The highest BCUT2D eigenvalue weighted by molar-refractivity contribution is 5.48. The van der Waals surface area contributed by atoms with Crippen molar-refractivity contribution in [3.05, 3.63) is 71.4 Å². The van der Waals surface area contributed by atoms with E-state index in [1.807, 2.05) is 19.1 Å². The molecule has 1 rings (SSSR count). The van der Waals surface area contributed by atoms with Crippen LogP contribution in [0.25, 0.3) is 0 Å². The highest BCUT2D eigenvalue weighted by Gasteiger charge is 2.39. The minimum atomic E-state index is -2.58. The molecule has 1 saturated carbocycles. The zero-order valence-electron chi connectivity index (χ0n) is 16.3. The van der Waals surface area contributed by atoms with Crippen LogP contribution in [0.2, 0.25) is 0 Å². The van der Waals surface area contributed by atoms with Crippen molar-refractivity contribution in [2.45, 2.75) is 59.8 Å². The first-order valence-corrected chi connectivity index (χ1v) is 8.96. The highest BCUT2D eigenvalue weighted by Crippen LogP contribution is 2.43. The summed E-state index contributed by atoms with van der Waals surface area (Å²) in [6.45, 7) is 17.2. The van der Waals surface area contributed by atoms with E-state index in [0.717, 1.165) is 30.1 Å². The van der Waals surface area contributed by atoms with Crippen molar-refractivity contribution in [3.63, 3.8) is 0 Å². The zero-order valence-corrected chi connectivity index (χ0v) is 16.3. The number of hydrogen-bond donors (Lipinski definition) is 0. The van der Waals surface area contributed by atoms with Crippen LogP contribution in [-0.2, 0) is 0 Å². The van der Waals surface area contributed by atoms with Gasteiger partial charge in [0.05, 0.1) is 0 Å². The summed E-state index contributed by atoms with van der Waals surface area (Å²) in [5.41, 5.74) is 5.51. The number of halogens is 2. The third-order valence-electron chi connectivity index (χ3n) is 5.17. The van der Waals surface area contributed by atoms with E-state index < -0.39 is 11.8 Å². The summed E-state index contributed by atoms with van der Waals surface area (Å²) >= 11 is 0. The first-order chi connectivity index (χ1) is 11.6. The number of hydrogen-bond acceptors (Lipinski definition) is 0. The Balaban J connectivity index is 2.92. The number of rotatable bonds is 7. The highest BCUT2D eigenvalue weighted by atomic mass is 19.3. The van der Waals surface area contributed by atoms with Crippen LogP contribution in [0.3, 0.4) is 0 Å². The van der Waals surface area contributed by atoms with Gasteiger partial charge < -0.3 is 0 Å². The van der Waals surface area contributed by atoms with Gasteiger partial charge in [-0.1, -0.05) is 60.3 Å². The van der Waals surface area contributed by atoms with Crippen LogP contribution >= 0.6 is 0 Å². The van der Waals surface area contributed by atoms with Gasteiger partial charge in [-0.05, 0) is 70.9 Å². The Bertz CT molecular complexity index is 617. The number of alkyl halides is 2. The lowest BCUT2D eigenvalue weighted by Gasteiger charge is -2.19. The molecule has 0 spiro atoms. The van der Waals surface area contributed by atoms with Crippen LogP contribution in [0.15, 0.2) is 71.4 Å². The lowest BCUT2D eigenvalue weighted by molar-refractivity contribution is -0.0376. The Hall–Kier alpha value is -1.70. The van der Waals surface area contributed by atoms with E-state index in [4.69, 9.17) is 0 Å². The maximum Gasteiger partial charge on any atom is 0.248 e. The van der Waals surface area contributed by atoms with Crippen LogP contribution in [-0.4, -0.2) is 5.92 Å². The second kappa shape index (κ2) is 9.12. The molecule has 0 nitrogen and oxygen atoms in total. The van der Waals surface area contributed by atoms with E-state index in [-0.39, 0.29) is 5.92 Å². The predicted molar refractivity (Wildman–Crippen MR) is 106 cm³/mol. The molecule has 25 heavy (non-hydrogen) atoms. The van der Waals surface area contributed by atoms with Gasteiger partial charge >= 0.3 is 0 Å². The summed E-state index contributed by atoms with van der Waals surface area (Å²) in [7, 11) is 0. The van der Waals surface area contributed by atoms with Crippen molar-refractivity contribution in [3.8, 4) is 0 Å². The fourth-order valence-corrected chi connectivity index (χ4v) is 3.08. The van der Waals surface area contributed by atoms with Crippen molar-refractivity contribution >= 4 is 0 Å². The molecule has 0 N–H and O–H groups in total. The summed E-state index contributed by atoms with van der Waals surface area (Å²) in [6, 6.07) is 0. The molecule has 0 heterocycles. The maximum absolute atomic E-state index is 13.5. The van der Waals surface area contributed by atoms with Crippen LogP contribution in [0.1, 0.15) is 53.9 Å². The van der Waals surface area contributed by atoms with Gasteiger partial charge in [-0.15, -0.1) is 0 Å². The largest absolute Gasteiger partial charge is 0.248 e. The Kier molecular flexibility index (Phi) is 7.79. The van der Waals surface area contributed by atoms with Crippen LogP contribution in [0, 0.1) is 11.8 Å². The smallest absolute Gasteiger partial charge is 0.207 e. The molecular formula is C23H32F2. The van der Waals surface area contributed by atoms with Gasteiger partial charge in [0.25, 0.3) is 0 Å². The average Bonchev–Trinajstić information content (AvgIpc) is 3.01. The van der Waals surface area contributed by atoms with E-state index in [0.29, 0.717) is 12.8 Å². The molecular weight excluding hydrogens is 314 g/mol. The molecule has 0 aromatic carbocycles. The molecule has 1 aliphatic rings. The van der Waals surface area contributed by atoms with Crippen molar-refractivity contribution in [2.24, 2.45) is 11.8 Å². The number of allylic oxidation sites excluding steroid dienone is 10. The van der Waals surface area contributed by atoms with Gasteiger partial charge in [0.2, 0.25) is 5.92 Å². The molecule has 0 amide bonds. The summed E-state index contributed by atoms with van der Waals surface area (Å²) in [5.74, 6) is -2.86. The van der Waals surface area contributed by atoms with Crippen LogP contribution < -0.4 is 0 Å². The van der Waals surface area contributed by atoms with Gasteiger partial charge in [-0.3, -0.25) is 0 Å². The molecule has 2 heteroatoms. The van der Waals surface area contributed by atoms with Crippen molar-refractivity contribution in [1.29, 1.82) is 0 Å². The molecule has 1 fully saturated rings. The standard InChI is InChI=1S/C23H32F2/c1-8-9-20(18(5)11-10-17(4)16(2)3)14-19(6)21-12-13-22(15-21)23(7,24)25/h8-11,14,21-22H,1,5,12-13,15H2,2-4,6-7H3/b11-10-,19-14+,20-9+. The Morgan fingerprint density at radius 1 is 1.08 bits per heavy atom. The summed E-state index contributed by atoms with van der Waals surface area (Å²) in [4.78, 5) is 0. The van der Waals surface area contributed by atoms with E-state index in [2.05, 4.69) is 46.1 Å². The topological polar surface area (TPSA) is 0 Å². The van der Waals surface area contributed by atoms with Gasteiger partial charge in [-0.2, -0.15) is 0 Å². The maximum atomic E-state index is 13.5. The fraction of sp³-hybridized carbons (Fsp3) is 0.478. The third-order valence-corrected chi connectivity index (χ3v) is 5.17. The van der Waals surface area contributed by atoms with Crippen molar-refractivity contribution < 1.29 is 8.78 Å².